The van der Waals surface area contributed by atoms with Crippen LogP contribution in [0.5, 0.6) is 0 Å². The maximum absolute atomic E-state index is 11.7. The van der Waals surface area contributed by atoms with Crippen molar-refractivity contribution in [2.24, 2.45) is 5.92 Å². The Labute approximate surface area is 87.6 Å². The van der Waals surface area contributed by atoms with Gasteiger partial charge in [0.05, 0.1) is 0 Å². The van der Waals surface area contributed by atoms with E-state index >= 15 is 0 Å². The van der Waals surface area contributed by atoms with E-state index in [1.807, 2.05) is 6.92 Å². The second kappa shape index (κ2) is 3.46. The van der Waals surface area contributed by atoms with Crippen molar-refractivity contribution in [3.63, 3.8) is 0 Å². The number of pyridine rings is 1. The summed E-state index contributed by atoms with van der Waals surface area (Å²) < 4.78 is 25.9. The van der Waals surface area contributed by atoms with Crippen molar-refractivity contribution >= 4 is 10.0 Å². The van der Waals surface area contributed by atoms with Crippen LogP contribution in [0, 0.1) is 5.92 Å². The van der Waals surface area contributed by atoms with Gasteiger partial charge in [-0.2, -0.15) is 0 Å². The van der Waals surface area contributed by atoms with Crippen LogP contribution >= 0.6 is 0 Å². The maximum Gasteiger partial charge on any atom is 0.246 e. The van der Waals surface area contributed by atoms with Crippen molar-refractivity contribution < 1.29 is 8.42 Å². The lowest BCUT2D eigenvalue weighted by Crippen LogP contribution is -2.30. The lowest BCUT2D eigenvalue weighted by Gasteiger charge is -2.03. The fourth-order valence-corrected chi connectivity index (χ4v) is 2.77. The van der Waals surface area contributed by atoms with Gasteiger partial charge in [-0.1, -0.05) is 6.92 Å². The van der Waals surface area contributed by atoms with Crippen molar-refractivity contribution in [1.82, 2.24) is 9.71 Å². The minimum Gasteiger partial charge on any atom is -0.366 e. The molecule has 0 bridgehead atoms. The highest BCUT2D eigenvalue weighted by Crippen LogP contribution is 2.30. The molecule has 2 N–H and O–H groups in total. The van der Waals surface area contributed by atoms with Crippen LogP contribution in [-0.4, -0.2) is 19.4 Å². The first-order valence-corrected chi connectivity index (χ1v) is 6.18. The first-order chi connectivity index (χ1) is 7.00. The molecular weight excluding hydrogens is 216 g/mol. The number of nitrogens with one attached hydrogen (secondary N) is 2. The largest absolute Gasteiger partial charge is 0.366 e. The molecule has 5 nitrogen and oxygen atoms in total. The van der Waals surface area contributed by atoms with Gasteiger partial charge in [0, 0.05) is 24.5 Å². The zero-order valence-electron chi connectivity index (χ0n) is 8.23. The SMILES string of the molecule is CC1CC1NS(=O)(=O)c1c[nH]ccc1=O. The highest BCUT2D eigenvalue weighted by Gasteiger charge is 2.36. The summed E-state index contributed by atoms with van der Waals surface area (Å²) >= 11 is 0. The highest BCUT2D eigenvalue weighted by molar-refractivity contribution is 7.89. The number of aromatic nitrogens is 1. The molecule has 1 heterocycles. The van der Waals surface area contributed by atoms with Gasteiger partial charge in [0.1, 0.15) is 4.90 Å². The molecule has 6 heteroatoms. The third-order valence-electron chi connectivity index (χ3n) is 2.49. The molecule has 1 aliphatic carbocycles. The molecule has 1 saturated carbocycles. The molecule has 2 rings (SSSR count). The molecule has 2 unspecified atom stereocenters. The zero-order valence-corrected chi connectivity index (χ0v) is 9.04. The molecule has 0 spiro atoms. The molecule has 0 aliphatic heterocycles. The summed E-state index contributed by atoms with van der Waals surface area (Å²) in [6, 6.07) is 1.18. The number of aromatic amines is 1. The van der Waals surface area contributed by atoms with Crippen molar-refractivity contribution in [2.45, 2.75) is 24.3 Å². The molecule has 1 fully saturated rings. The monoisotopic (exact) mass is 228 g/mol. The van der Waals surface area contributed by atoms with Gasteiger partial charge in [0.15, 0.2) is 0 Å². The molecule has 1 aromatic rings. The molecule has 1 aliphatic rings. The minimum absolute atomic E-state index is 0.0189. The van der Waals surface area contributed by atoms with Gasteiger partial charge in [-0.15, -0.1) is 0 Å². The van der Waals surface area contributed by atoms with Crippen molar-refractivity contribution in [1.29, 1.82) is 0 Å². The Morgan fingerprint density at radius 2 is 2.20 bits per heavy atom. The Morgan fingerprint density at radius 1 is 1.53 bits per heavy atom. The summed E-state index contributed by atoms with van der Waals surface area (Å²) in [5, 5.41) is 0. The molecule has 2 atom stereocenters. The van der Waals surface area contributed by atoms with Gasteiger partial charge in [0.2, 0.25) is 15.5 Å². The normalized spacial score (nSPS) is 25.1. The van der Waals surface area contributed by atoms with Crippen LogP contribution in [0.3, 0.4) is 0 Å². The second-order valence-electron chi connectivity index (χ2n) is 3.81. The van der Waals surface area contributed by atoms with Crippen LogP contribution in [-0.2, 0) is 10.0 Å². The fourth-order valence-electron chi connectivity index (χ4n) is 1.36. The zero-order chi connectivity index (χ0) is 11.1. The van der Waals surface area contributed by atoms with Crippen LogP contribution in [0.2, 0.25) is 0 Å². The summed E-state index contributed by atoms with van der Waals surface area (Å²) in [6.45, 7) is 1.96. The van der Waals surface area contributed by atoms with E-state index < -0.39 is 15.5 Å². The lowest BCUT2D eigenvalue weighted by atomic mass is 10.5. The third-order valence-corrected chi connectivity index (χ3v) is 4.00. The van der Waals surface area contributed by atoms with Gasteiger partial charge in [-0.3, -0.25) is 4.79 Å². The van der Waals surface area contributed by atoms with E-state index in [4.69, 9.17) is 0 Å². The van der Waals surface area contributed by atoms with E-state index in [0.717, 1.165) is 6.42 Å². The molecule has 0 amide bonds. The van der Waals surface area contributed by atoms with Crippen LogP contribution in [0.15, 0.2) is 28.2 Å². The fraction of sp³-hybridized carbons (Fsp3) is 0.444. The van der Waals surface area contributed by atoms with Gasteiger partial charge in [0.25, 0.3) is 0 Å². The van der Waals surface area contributed by atoms with E-state index in [0.29, 0.717) is 5.92 Å². The van der Waals surface area contributed by atoms with Crippen LogP contribution < -0.4 is 10.2 Å². The highest BCUT2D eigenvalue weighted by atomic mass is 32.2. The average molecular weight is 228 g/mol. The van der Waals surface area contributed by atoms with E-state index in [9.17, 15) is 13.2 Å². The Hall–Kier alpha value is -1.14. The predicted octanol–water partition coefficient (Wildman–Crippen LogP) is 0.0616. The first kappa shape index (κ1) is 10.4. The summed E-state index contributed by atoms with van der Waals surface area (Å²) in [4.78, 5) is 13.7. The average Bonchev–Trinajstić information content (AvgIpc) is 2.81. The van der Waals surface area contributed by atoms with Crippen molar-refractivity contribution in [2.75, 3.05) is 0 Å². The van der Waals surface area contributed by atoms with E-state index in [-0.39, 0.29) is 10.9 Å². The molecule has 0 radical (unpaired) electrons. The molecule has 1 aromatic heterocycles. The first-order valence-electron chi connectivity index (χ1n) is 4.70. The third kappa shape index (κ3) is 2.10. The maximum atomic E-state index is 11.7. The van der Waals surface area contributed by atoms with Crippen LogP contribution in [0.25, 0.3) is 0 Å². The van der Waals surface area contributed by atoms with Gasteiger partial charge in [-0.25, -0.2) is 13.1 Å². The summed E-state index contributed by atoms with van der Waals surface area (Å²) in [7, 11) is -3.65. The Balaban J connectivity index is 2.30. The number of sulfonamides is 1. The van der Waals surface area contributed by atoms with Crippen LogP contribution in [0.4, 0.5) is 0 Å². The summed E-state index contributed by atoms with van der Waals surface area (Å²) in [5.74, 6) is 0.363. The standard InChI is InChI=1S/C9H12N2O3S/c1-6-4-7(6)11-15(13,14)9-5-10-3-2-8(9)12/h2-3,5-7,11H,4H2,1H3,(H,10,12). The van der Waals surface area contributed by atoms with Crippen LogP contribution in [0.1, 0.15) is 13.3 Å². The quantitative estimate of drug-likeness (QED) is 0.768. The minimum atomic E-state index is -3.65. The number of rotatable bonds is 3. The molecule has 15 heavy (non-hydrogen) atoms. The Kier molecular flexibility index (Phi) is 2.40. The van der Waals surface area contributed by atoms with E-state index in [2.05, 4.69) is 9.71 Å². The van der Waals surface area contributed by atoms with Gasteiger partial charge >= 0.3 is 0 Å². The predicted molar refractivity (Wildman–Crippen MR) is 55.0 cm³/mol. The summed E-state index contributed by atoms with van der Waals surface area (Å²) in [5.41, 5.74) is -0.491. The Bertz CT molecular complexity index is 520. The summed E-state index contributed by atoms with van der Waals surface area (Å²) in [6.07, 6.45) is 3.45. The Morgan fingerprint density at radius 3 is 2.73 bits per heavy atom. The smallest absolute Gasteiger partial charge is 0.246 e. The van der Waals surface area contributed by atoms with Gasteiger partial charge < -0.3 is 4.98 Å². The van der Waals surface area contributed by atoms with Crippen molar-refractivity contribution in [3.8, 4) is 0 Å². The van der Waals surface area contributed by atoms with Crippen molar-refractivity contribution in [3.05, 3.63) is 28.7 Å². The molecule has 0 saturated heterocycles. The number of hydrogen-bond acceptors (Lipinski definition) is 3. The molecule has 82 valence electrons. The second-order valence-corrected chi connectivity index (χ2v) is 5.50. The molecular formula is C9H12N2O3S. The number of hydrogen-bond donors (Lipinski definition) is 2. The van der Waals surface area contributed by atoms with E-state index in [1.165, 1.54) is 18.5 Å². The van der Waals surface area contributed by atoms with E-state index in [1.54, 1.807) is 0 Å². The number of H-pyrrole nitrogens is 1. The van der Waals surface area contributed by atoms with Gasteiger partial charge in [-0.05, 0) is 12.3 Å². The molecule has 0 aromatic carbocycles. The lowest BCUT2D eigenvalue weighted by molar-refractivity contribution is 0.577. The topological polar surface area (TPSA) is 79.0 Å².